The molecule has 0 unspecified atom stereocenters. The summed E-state index contributed by atoms with van der Waals surface area (Å²) in [5.41, 5.74) is 0.109. The Morgan fingerprint density at radius 1 is 1.17 bits per heavy atom. The van der Waals surface area contributed by atoms with Crippen LogP contribution in [0.15, 0.2) is 0 Å². The quantitative estimate of drug-likeness (QED) is 0.757. The molecule has 0 radical (unpaired) electrons. The number of aliphatic carboxylic acids is 1. The van der Waals surface area contributed by atoms with Crippen LogP contribution in [0.2, 0.25) is 0 Å². The number of hydrogen-bond donors (Lipinski definition) is 1. The maximum absolute atomic E-state index is 11.4. The molecule has 1 aliphatic carbocycles. The lowest BCUT2D eigenvalue weighted by Crippen LogP contribution is -2.60. The number of carboxylic acid groups (broad SMARTS) is 1. The van der Waals surface area contributed by atoms with Gasteiger partial charge in [-0.15, -0.1) is 0 Å². The summed E-state index contributed by atoms with van der Waals surface area (Å²) in [6.07, 6.45) is 7.96. The Hall–Kier alpha value is -0.570. The summed E-state index contributed by atoms with van der Waals surface area (Å²) in [5, 5.41) is 9.36. The van der Waals surface area contributed by atoms with Gasteiger partial charge < -0.3 is 10.0 Å². The molecule has 0 aromatic heterocycles. The summed E-state index contributed by atoms with van der Waals surface area (Å²) in [6.45, 7) is 7.56. The van der Waals surface area contributed by atoms with Crippen LogP contribution in [0.5, 0.6) is 0 Å². The Bertz CT molecular complexity index is 296. The summed E-state index contributed by atoms with van der Waals surface area (Å²) in [5.74, 6) is -0.572. The van der Waals surface area contributed by atoms with Gasteiger partial charge in [0.1, 0.15) is 0 Å². The first-order valence-electron chi connectivity index (χ1n) is 7.52. The van der Waals surface area contributed by atoms with Crippen LogP contribution in [0.1, 0.15) is 58.8 Å². The maximum atomic E-state index is 11.4. The third-order valence-corrected chi connectivity index (χ3v) is 4.97. The van der Waals surface area contributed by atoms with Gasteiger partial charge >= 0.3 is 5.97 Å². The molecule has 2 fully saturated rings. The second-order valence-electron chi connectivity index (χ2n) is 6.58. The molecule has 1 saturated carbocycles. The topological polar surface area (TPSA) is 40.5 Å². The second-order valence-corrected chi connectivity index (χ2v) is 6.58. The number of likely N-dealkylation sites (tertiary alicyclic amines) is 1. The van der Waals surface area contributed by atoms with Crippen LogP contribution in [0.4, 0.5) is 0 Å². The lowest BCUT2D eigenvalue weighted by molar-refractivity contribution is -0.160. The molecule has 18 heavy (non-hydrogen) atoms. The summed E-state index contributed by atoms with van der Waals surface area (Å²) in [7, 11) is 0. The molecule has 104 valence electrons. The monoisotopic (exact) mass is 253 g/mol. The molecule has 0 aromatic rings. The van der Waals surface area contributed by atoms with Crippen molar-refractivity contribution in [3.63, 3.8) is 0 Å². The summed E-state index contributed by atoms with van der Waals surface area (Å²) in [4.78, 5) is 13.8. The molecule has 0 aromatic carbocycles. The van der Waals surface area contributed by atoms with Crippen LogP contribution in [-0.4, -0.2) is 35.6 Å². The zero-order valence-electron chi connectivity index (χ0n) is 11.9. The van der Waals surface area contributed by atoms with E-state index < -0.39 is 11.4 Å². The minimum atomic E-state index is -0.572. The van der Waals surface area contributed by atoms with E-state index in [4.69, 9.17) is 0 Å². The Morgan fingerprint density at radius 2 is 1.72 bits per heavy atom. The van der Waals surface area contributed by atoms with Crippen LogP contribution in [-0.2, 0) is 4.79 Å². The van der Waals surface area contributed by atoms with Crippen molar-refractivity contribution < 1.29 is 9.90 Å². The van der Waals surface area contributed by atoms with E-state index in [1.54, 1.807) is 0 Å². The molecule has 2 rings (SSSR count). The Balaban J connectivity index is 1.86. The number of nitrogens with zero attached hydrogens (tertiary/aromatic N) is 1. The fourth-order valence-electron chi connectivity index (χ4n) is 3.99. The van der Waals surface area contributed by atoms with Gasteiger partial charge in [0.15, 0.2) is 0 Å². The third-order valence-electron chi connectivity index (χ3n) is 4.97. The van der Waals surface area contributed by atoms with Crippen LogP contribution in [0.25, 0.3) is 0 Å². The Kier molecular flexibility index (Phi) is 4.00. The number of carboxylic acids is 1. The van der Waals surface area contributed by atoms with Gasteiger partial charge in [-0.1, -0.05) is 33.1 Å². The smallest absolute Gasteiger partial charge is 0.310 e. The molecule has 0 spiro atoms. The van der Waals surface area contributed by atoms with Crippen molar-refractivity contribution in [2.75, 3.05) is 19.6 Å². The van der Waals surface area contributed by atoms with Gasteiger partial charge in [-0.05, 0) is 31.1 Å². The predicted octanol–water partition coefficient (Wildman–Crippen LogP) is 3.14. The first kappa shape index (κ1) is 13.9. The van der Waals surface area contributed by atoms with Crippen LogP contribution in [0, 0.1) is 10.8 Å². The van der Waals surface area contributed by atoms with Gasteiger partial charge in [0.05, 0.1) is 5.41 Å². The van der Waals surface area contributed by atoms with Gasteiger partial charge in [-0.2, -0.15) is 0 Å². The zero-order valence-corrected chi connectivity index (χ0v) is 11.9. The van der Waals surface area contributed by atoms with E-state index in [0.717, 1.165) is 38.9 Å². The van der Waals surface area contributed by atoms with Gasteiger partial charge in [0.2, 0.25) is 0 Å². The molecule has 1 N–H and O–H groups in total. The Morgan fingerprint density at radius 3 is 2.06 bits per heavy atom. The van der Waals surface area contributed by atoms with E-state index in [1.165, 1.54) is 25.7 Å². The van der Waals surface area contributed by atoms with E-state index in [2.05, 4.69) is 18.7 Å². The molecule has 1 aliphatic heterocycles. The first-order chi connectivity index (χ1) is 8.56. The molecule has 1 saturated heterocycles. The minimum Gasteiger partial charge on any atom is -0.481 e. The number of rotatable bonds is 7. The van der Waals surface area contributed by atoms with Crippen molar-refractivity contribution in [2.45, 2.75) is 58.8 Å². The van der Waals surface area contributed by atoms with E-state index in [0.29, 0.717) is 5.41 Å². The number of carbonyl (C=O) groups is 1. The fraction of sp³-hybridized carbons (Fsp3) is 0.933. The van der Waals surface area contributed by atoms with Crippen molar-refractivity contribution in [3.8, 4) is 0 Å². The number of hydrogen-bond acceptors (Lipinski definition) is 2. The van der Waals surface area contributed by atoms with Crippen molar-refractivity contribution in [3.05, 3.63) is 0 Å². The van der Waals surface area contributed by atoms with E-state index in [-0.39, 0.29) is 0 Å². The summed E-state index contributed by atoms with van der Waals surface area (Å²) >= 11 is 0. The molecular weight excluding hydrogens is 226 g/mol. The standard InChI is InChI=1S/C15H27NO2/c1-3-6-14(7-4-2)10-16(11-14)12-15(13(17)18)8-5-9-15/h3-12H2,1-2H3,(H,17,18). The maximum Gasteiger partial charge on any atom is 0.310 e. The highest BCUT2D eigenvalue weighted by Crippen LogP contribution is 2.46. The lowest BCUT2D eigenvalue weighted by atomic mass is 9.66. The van der Waals surface area contributed by atoms with Gasteiger partial charge in [0, 0.05) is 19.6 Å². The second kappa shape index (κ2) is 5.20. The van der Waals surface area contributed by atoms with Crippen molar-refractivity contribution in [1.29, 1.82) is 0 Å². The highest BCUT2D eigenvalue weighted by Gasteiger charge is 2.50. The molecule has 1 heterocycles. The highest BCUT2D eigenvalue weighted by atomic mass is 16.4. The van der Waals surface area contributed by atoms with E-state index >= 15 is 0 Å². The van der Waals surface area contributed by atoms with Gasteiger partial charge in [0.25, 0.3) is 0 Å². The zero-order chi connectivity index (χ0) is 13.2. The van der Waals surface area contributed by atoms with Crippen LogP contribution < -0.4 is 0 Å². The highest BCUT2D eigenvalue weighted by molar-refractivity contribution is 5.76. The molecule has 2 aliphatic rings. The van der Waals surface area contributed by atoms with Crippen molar-refractivity contribution >= 4 is 5.97 Å². The van der Waals surface area contributed by atoms with E-state index in [1.807, 2.05) is 0 Å². The van der Waals surface area contributed by atoms with Crippen LogP contribution in [0.3, 0.4) is 0 Å². The van der Waals surface area contributed by atoms with Gasteiger partial charge in [-0.3, -0.25) is 4.79 Å². The minimum absolute atomic E-state index is 0.398. The average Bonchev–Trinajstić information content (AvgIpc) is 2.20. The normalized spacial score (nSPS) is 25.2. The first-order valence-corrected chi connectivity index (χ1v) is 7.52. The molecule has 3 nitrogen and oxygen atoms in total. The molecule has 3 heteroatoms. The summed E-state index contributed by atoms with van der Waals surface area (Å²) in [6, 6.07) is 0. The molecule has 0 bridgehead atoms. The average molecular weight is 253 g/mol. The van der Waals surface area contributed by atoms with Gasteiger partial charge in [-0.25, -0.2) is 0 Å². The van der Waals surface area contributed by atoms with Crippen molar-refractivity contribution in [1.82, 2.24) is 4.90 Å². The fourth-order valence-corrected chi connectivity index (χ4v) is 3.99. The summed E-state index contributed by atoms with van der Waals surface area (Å²) < 4.78 is 0. The predicted molar refractivity (Wildman–Crippen MR) is 72.6 cm³/mol. The molecule has 0 atom stereocenters. The molecular formula is C15H27NO2. The Labute approximate surface area is 111 Å². The van der Waals surface area contributed by atoms with Crippen LogP contribution >= 0.6 is 0 Å². The lowest BCUT2D eigenvalue weighted by Gasteiger charge is -2.54. The SMILES string of the molecule is CCCC1(CCC)CN(CC2(C(=O)O)CCC2)C1. The largest absolute Gasteiger partial charge is 0.481 e. The molecule has 0 amide bonds. The third kappa shape index (κ3) is 2.42. The van der Waals surface area contributed by atoms with E-state index in [9.17, 15) is 9.90 Å². The van der Waals surface area contributed by atoms with Crippen molar-refractivity contribution in [2.24, 2.45) is 10.8 Å².